The minimum atomic E-state index is -4.40. The highest BCUT2D eigenvalue weighted by Gasteiger charge is 2.30. The van der Waals surface area contributed by atoms with Crippen LogP contribution in [0, 0.1) is 0 Å². The molecule has 8 heteroatoms. The number of amides is 1. The number of pyridine rings is 1. The molecule has 0 saturated carbocycles. The zero-order chi connectivity index (χ0) is 17.0. The summed E-state index contributed by atoms with van der Waals surface area (Å²) in [5, 5.41) is 3.23. The number of aromatic nitrogens is 1. The molecule has 1 N–H and O–H groups in total. The molecule has 1 heterocycles. The minimum Gasteiger partial charge on any atom is -0.325 e. The van der Waals surface area contributed by atoms with Crippen LogP contribution in [0.3, 0.4) is 0 Å². The second kappa shape index (κ2) is 7.23. The molecule has 0 aliphatic heterocycles. The molecule has 23 heavy (non-hydrogen) atoms. The third-order valence-electron chi connectivity index (χ3n) is 2.85. The number of benzene rings is 1. The molecule has 0 aliphatic carbocycles. The Hall–Kier alpha value is -1.73. The molecule has 3 nitrogen and oxygen atoms in total. The van der Waals surface area contributed by atoms with Crippen LogP contribution in [0.2, 0.25) is 5.02 Å². The van der Waals surface area contributed by atoms with Crippen molar-refractivity contribution in [2.75, 3.05) is 5.32 Å². The van der Waals surface area contributed by atoms with E-state index >= 15 is 0 Å². The third kappa shape index (κ3) is 5.14. The van der Waals surface area contributed by atoms with Gasteiger partial charge in [-0.15, -0.1) is 0 Å². The van der Waals surface area contributed by atoms with Crippen molar-refractivity contribution in [1.82, 2.24) is 4.98 Å². The van der Waals surface area contributed by atoms with E-state index in [1.807, 2.05) is 0 Å². The van der Waals surface area contributed by atoms with Crippen LogP contribution in [0.1, 0.15) is 12.5 Å². The third-order valence-corrected chi connectivity index (χ3v) is 4.12. The Morgan fingerprint density at radius 2 is 1.87 bits per heavy atom. The molecule has 122 valence electrons. The van der Waals surface area contributed by atoms with Gasteiger partial charge in [0.1, 0.15) is 0 Å². The molecule has 1 amide bonds. The molecular formula is C15H12ClF3N2OS. The molecule has 0 radical (unpaired) electrons. The number of thioether (sulfide) groups is 1. The monoisotopic (exact) mass is 360 g/mol. The van der Waals surface area contributed by atoms with Crippen molar-refractivity contribution in [3.8, 4) is 0 Å². The molecule has 1 unspecified atom stereocenters. The quantitative estimate of drug-likeness (QED) is 0.791. The summed E-state index contributed by atoms with van der Waals surface area (Å²) in [6, 6.07) is 7.64. The first kappa shape index (κ1) is 17.6. The van der Waals surface area contributed by atoms with Gasteiger partial charge in [0.05, 0.1) is 20.9 Å². The van der Waals surface area contributed by atoms with Gasteiger partial charge < -0.3 is 5.32 Å². The zero-order valence-corrected chi connectivity index (χ0v) is 13.5. The Balaban J connectivity index is 1.96. The molecule has 1 aromatic carbocycles. The highest BCUT2D eigenvalue weighted by molar-refractivity contribution is 8.00. The van der Waals surface area contributed by atoms with Gasteiger partial charge in [-0.1, -0.05) is 23.4 Å². The molecule has 2 rings (SSSR count). The van der Waals surface area contributed by atoms with Crippen LogP contribution in [0.5, 0.6) is 0 Å². The minimum absolute atomic E-state index is 0.305. The lowest BCUT2D eigenvalue weighted by Gasteiger charge is -2.12. The fraction of sp³-hybridized carbons (Fsp3) is 0.200. The maximum absolute atomic E-state index is 12.5. The summed E-state index contributed by atoms with van der Waals surface area (Å²) in [5.41, 5.74) is -0.456. The lowest BCUT2D eigenvalue weighted by molar-refractivity contribution is -0.137. The van der Waals surface area contributed by atoms with Gasteiger partial charge in [0.25, 0.3) is 0 Å². The lowest BCUT2D eigenvalue weighted by atomic mass is 10.2. The van der Waals surface area contributed by atoms with Crippen LogP contribution in [0.4, 0.5) is 18.9 Å². The topological polar surface area (TPSA) is 42.0 Å². The summed E-state index contributed by atoms with van der Waals surface area (Å²) in [7, 11) is 0. The SMILES string of the molecule is CC(Sc1ccc(Cl)cn1)C(=O)Nc1ccc(C(F)(F)F)cc1. The van der Waals surface area contributed by atoms with E-state index in [1.165, 1.54) is 30.1 Å². The smallest absolute Gasteiger partial charge is 0.325 e. The molecule has 0 fully saturated rings. The molecule has 0 spiro atoms. The Kier molecular flexibility index (Phi) is 5.54. The van der Waals surface area contributed by atoms with Crippen molar-refractivity contribution in [3.63, 3.8) is 0 Å². The average molecular weight is 361 g/mol. The van der Waals surface area contributed by atoms with E-state index in [-0.39, 0.29) is 5.91 Å². The van der Waals surface area contributed by atoms with Gasteiger partial charge in [0, 0.05) is 11.9 Å². The van der Waals surface area contributed by atoms with E-state index in [2.05, 4.69) is 10.3 Å². The number of halogens is 4. The number of anilines is 1. The number of carbonyl (C=O) groups excluding carboxylic acids is 1. The van der Waals surface area contributed by atoms with Crippen molar-refractivity contribution in [2.45, 2.75) is 23.4 Å². The van der Waals surface area contributed by atoms with E-state index in [0.29, 0.717) is 15.7 Å². The number of nitrogens with zero attached hydrogens (tertiary/aromatic N) is 1. The summed E-state index contributed by atoms with van der Waals surface area (Å²) in [5.74, 6) is -0.327. The van der Waals surface area contributed by atoms with E-state index < -0.39 is 17.0 Å². The first-order valence-corrected chi connectivity index (χ1v) is 7.78. The Morgan fingerprint density at radius 3 is 2.39 bits per heavy atom. The summed E-state index contributed by atoms with van der Waals surface area (Å²) >= 11 is 6.96. The maximum Gasteiger partial charge on any atom is 0.416 e. The highest BCUT2D eigenvalue weighted by atomic mass is 35.5. The number of carbonyl (C=O) groups is 1. The summed E-state index contributed by atoms with van der Waals surface area (Å²) in [4.78, 5) is 16.1. The highest BCUT2D eigenvalue weighted by Crippen LogP contribution is 2.30. The average Bonchev–Trinajstić information content (AvgIpc) is 2.49. The molecule has 1 aromatic heterocycles. The van der Waals surface area contributed by atoms with Crippen molar-refractivity contribution < 1.29 is 18.0 Å². The fourth-order valence-electron chi connectivity index (χ4n) is 1.65. The lowest BCUT2D eigenvalue weighted by Crippen LogP contribution is -2.22. The largest absolute Gasteiger partial charge is 0.416 e. The van der Waals surface area contributed by atoms with Gasteiger partial charge in [0.2, 0.25) is 5.91 Å². The predicted octanol–water partition coefficient (Wildman–Crippen LogP) is 4.87. The van der Waals surface area contributed by atoms with Gasteiger partial charge in [0.15, 0.2) is 0 Å². The number of rotatable bonds is 4. The second-order valence-electron chi connectivity index (χ2n) is 4.64. The fourth-order valence-corrected chi connectivity index (χ4v) is 2.55. The molecule has 1 atom stereocenters. The summed E-state index contributed by atoms with van der Waals surface area (Å²) < 4.78 is 37.4. The van der Waals surface area contributed by atoms with E-state index in [0.717, 1.165) is 12.1 Å². The summed E-state index contributed by atoms with van der Waals surface area (Å²) in [6.45, 7) is 1.68. The van der Waals surface area contributed by atoms with Crippen molar-refractivity contribution in [2.24, 2.45) is 0 Å². The molecule has 0 aliphatic rings. The van der Waals surface area contributed by atoms with Crippen molar-refractivity contribution >= 4 is 35.0 Å². The van der Waals surface area contributed by atoms with Crippen LogP contribution in [-0.4, -0.2) is 16.1 Å². The van der Waals surface area contributed by atoms with E-state index in [4.69, 9.17) is 11.6 Å². The standard InChI is InChI=1S/C15H12ClF3N2OS/c1-9(23-13-7-4-11(16)8-20-13)14(22)21-12-5-2-10(3-6-12)15(17,18)19/h2-9H,1H3,(H,21,22). The Bertz CT molecular complexity index is 675. The first-order chi connectivity index (χ1) is 10.8. The normalized spacial score (nSPS) is 12.7. The van der Waals surface area contributed by atoms with Gasteiger partial charge in [-0.25, -0.2) is 4.98 Å². The molecular weight excluding hydrogens is 349 g/mol. The Morgan fingerprint density at radius 1 is 1.22 bits per heavy atom. The molecule has 2 aromatic rings. The van der Waals surface area contributed by atoms with Gasteiger partial charge in [-0.2, -0.15) is 13.2 Å². The van der Waals surface area contributed by atoms with E-state index in [1.54, 1.807) is 19.1 Å². The first-order valence-electron chi connectivity index (χ1n) is 6.52. The van der Waals surface area contributed by atoms with Crippen molar-refractivity contribution in [3.05, 3.63) is 53.2 Å². The van der Waals surface area contributed by atoms with E-state index in [9.17, 15) is 18.0 Å². The predicted molar refractivity (Wildman–Crippen MR) is 84.6 cm³/mol. The summed E-state index contributed by atoms with van der Waals surface area (Å²) in [6.07, 6.45) is -2.92. The number of hydrogen-bond donors (Lipinski definition) is 1. The maximum atomic E-state index is 12.5. The Labute approximate surface area is 140 Å². The van der Waals surface area contributed by atoms with Crippen LogP contribution < -0.4 is 5.32 Å². The molecule has 0 saturated heterocycles. The van der Waals surface area contributed by atoms with Gasteiger partial charge in [-0.05, 0) is 43.3 Å². The van der Waals surface area contributed by atoms with Crippen LogP contribution in [0.25, 0.3) is 0 Å². The van der Waals surface area contributed by atoms with Crippen molar-refractivity contribution in [1.29, 1.82) is 0 Å². The van der Waals surface area contributed by atoms with Gasteiger partial charge in [-0.3, -0.25) is 4.79 Å². The van der Waals surface area contributed by atoms with Crippen LogP contribution in [0.15, 0.2) is 47.6 Å². The number of alkyl halides is 3. The van der Waals surface area contributed by atoms with Gasteiger partial charge >= 0.3 is 6.18 Å². The van der Waals surface area contributed by atoms with Crippen LogP contribution >= 0.6 is 23.4 Å². The second-order valence-corrected chi connectivity index (χ2v) is 6.44. The number of hydrogen-bond acceptors (Lipinski definition) is 3. The molecule has 0 bridgehead atoms. The zero-order valence-electron chi connectivity index (χ0n) is 11.9. The number of nitrogens with one attached hydrogen (secondary N) is 1. The van der Waals surface area contributed by atoms with Crippen LogP contribution in [-0.2, 0) is 11.0 Å².